The Balaban J connectivity index is 3.14. The maximum atomic E-state index is 11.4. The van der Waals surface area contributed by atoms with Crippen LogP contribution in [0.3, 0.4) is 0 Å². The first kappa shape index (κ1) is 18.0. The van der Waals surface area contributed by atoms with E-state index in [1.165, 1.54) is 0 Å². The van der Waals surface area contributed by atoms with Crippen molar-refractivity contribution >= 4 is 22.7 Å². The van der Waals surface area contributed by atoms with Crippen molar-refractivity contribution in [3.05, 3.63) is 22.2 Å². The summed E-state index contributed by atoms with van der Waals surface area (Å²) in [6, 6.07) is 3.23. The molecule has 1 rings (SSSR count). The molecule has 0 saturated heterocycles. The average Bonchev–Trinajstić information content (AvgIpc) is 2.51. The van der Waals surface area contributed by atoms with E-state index in [1.807, 2.05) is 0 Å². The zero-order valence-electron chi connectivity index (χ0n) is 12.2. The van der Waals surface area contributed by atoms with Crippen LogP contribution in [0.25, 0.3) is 0 Å². The molecule has 0 saturated carbocycles. The third-order valence-electron chi connectivity index (χ3n) is 2.85. The van der Waals surface area contributed by atoms with Crippen LogP contribution in [0.2, 0.25) is 0 Å². The minimum atomic E-state index is -0.509. The molecule has 0 radical (unpaired) electrons. The van der Waals surface area contributed by atoms with Gasteiger partial charge in [-0.15, -0.1) is 0 Å². The molecule has 0 aliphatic carbocycles. The number of aliphatic hydroxyl groups is 3. The smallest absolute Gasteiger partial charge is 0.317 e. The van der Waals surface area contributed by atoms with Gasteiger partial charge >= 0.3 is 5.69 Å². The van der Waals surface area contributed by atoms with Crippen molar-refractivity contribution in [1.82, 2.24) is 0 Å². The highest BCUT2D eigenvalue weighted by molar-refractivity contribution is 5.86. The maximum absolute atomic E-state index is 11.4. The molecular weight excluding hydrogens is 292 g/mol. The molecule has 22 heavy (non-hydrogen) atoms. The normalized spacial score (nSPS) is 10.3. The fourth-order valence-electron chi connectivity index (χ4n) is 1.92. The Morgan fingerprint density at radius 2 is 1.50 bits per heavy atom. The number of nitro groups is 1. The molecule has 0 aliphatic rings. The van der Waals surface area contributed by atoms with E-state index in [0.717, 1.165) is 0 Å². The van der Waals surface area contributed by atoms with Crippen LogP contribution in [0, 0.1) is 10.1 Å². The number of nitrogens with one attached hydrogen (secondary N) is 3. The summed E-state index contributed by atoms with van der Waals surface area (Å²) in [6.45, 7) is 0.534. The van der Waals surface area contributed by atoms with Crippen molar-refractivity contribution in [2.24, 2.45) is 0 Å². The summed E-state index contributed by atoms with van der Waals surface area (Å²) in [5.74, 6) is 0. The van der Waals surface area contributed by atoms with Crippen molar-refractivity contribution in [3.8, 4) is 0 Å². The van der Waals surface area contributed by atoms with Gasteiger partial charge in [0.05, 0.1) is 23.8 Å². The van der Waals surface area contributed by atoms with Crippen molar-refractivity contribution < 1.29 is 20.2 Å². The minimum absolute atomic E-state index is 0.00738. The number of anilines is 3. The molecule has 9 heteroatoms. The monoisotopic (exact) mass is 314 g/mol. The summed E-state index contributed by atoms with van der Waals surface area (Å²) in [7, 11) is 0. The highest BCUT2D eigenvalue weighted by Gasteiger charge is 2.23. The SMILES string of the molecule is O=[N+]([O-])c1c(NCCCO)ccc(NCCO)c1NCCO. The maximum Gasteiger partial charge on any atom is 0.317 e. The van der Waals surface area contributed by atoms with Crippen LogP contribution in [-0.4, -0.2) is 59.7 Å². The van der Waals surface area contributed by atoms with Gasteiger partial charge in [-0.25, -0.2) is 0 Å². The summed E-state index contributed by atoms with van der Waals surface area (Å²) in [4.78, 5) is 10.9. The summed E-state index contributed by atoms with van der Waals surface area (Å²) < 4.78 is 0. The van der Waals surface area contributed by atoms with Crippen LogP contribution in [0.4, 0.5) is 22.7 Å². The van der Waals surface area contributed by atoms with Gasteiger partial charge in [-0.3, -0.25) is 10.1 Å². The highest BCUT2D eigenvalue weighted by Crippen LogP contribution is 2.39. The Bertz CT molecular complexity index is 484. The lowest BCUT2D eigenvalue weighted by Gasteiger charge is -2.16. The van der Waals surface area contributed by atoms with Gasteiger partial charge < -0.3 is 31.3 Å². The topological polar surface area (TPSA) is 140 Å². The molecule has 0 unspecified atom stereocenters. The van der Waals surface area contributed by atoms with E-state index in [0.29, 0.717) is 24.3 Å². The summed E-state index contributed by atoms with van der Waals surface area (Å²) in [5.41, 5.74) is 0.908. The molecule has 1 aromatic carbocycles. The molecule has 0 spiro atoms. The van der Waals surface area contributed by atoms with E-state index in [1.54, 1.807) is 12.1 Å². The van der Waals surface area contributed by atoms with Gasteiger partial charge in [0.2, 0.25) is 0 Å². The quantitative estimate of drug-likeness (QED) is 0.193. The summed E-state index contributed by atoms with van der Waals surface area (Å²) in [6.07, 6.45) is 0.473. The molecule has 1 aromatic rings. The number of nitro benzene ring substituents is 1. The van der Waals surface area contributed by atoms with E-state index in [2.05, 4.69) is 16.0 Å². The number of benzene rings is 1. The van der Waals surface area contributed by atoms with Gasteiger partial charge in [0.1, 0.15) is 11.4 Å². The van der Waals surface area contributed by atoms with E-state index < -0.39 is 4.92 Å². The first-order valence-corrected chi connectivity index (χ1v) is 7.01. The number of hydrogen-bond acceptors (Lipinski definition) is 8. The fourth-order valence-corrected chi connectivity index (χ4v) is 1.92. The first-order valence-electron chi connectivity index (χ1n) is 7.01. The second kappa shape index (κ2) is 9.77. The third kappa shape index (κ3) is 5.02. The van der Waals surface area contributed by atoms with Crippen LogP contribution in [0.15, 0.2) is 12.1 Å². The molecule has 0 bridgehead atoms. The molecule has 0 fully saturated rings. The summed E-state index contributed by atoms with van der Waals surface area (Å²) in [5, 5.41) is 46.6. The molecular formula is C13H22N4O5. The largest absolute Gasteiger partial charge is 0.396 e. The van der Waals surface area contributed by atoms with Crippen molar-refractivity contribution in [2.75, 3.05) is 55.4 Å². The van der Waals surface area contributed by atoms with Gasteiger partial charge in [0.15, 0.2) is 0 Å². The first-order chi connectivity index (χ1) is 10.7. The average molecular weight is 314 g/mol. The Morgan fingerprint density at radius 1 is 0.909 bits per heavy atom. The number of nitrogens with zero attached hydrogens (tertiary/aromatic N) is 1. The molecule has 0 amide bonds. The highest BCUT2D eigenvalue weighted by atomic mass is 16.6. The summed E-state index contributed by atoms with van der Waals surface area (Å²) >= 11 is 0. The Kier molecular flexibility index (Phi) is 7.97. The van der Waals surface area contributed by atoms with Gasteiger partial charge in [-0.1, -0.05) is 0 Å². The van der Waals surface area contributed by atoms with E-state index in [4.69, 9.17) is 15.3 Å². The number of rotatable bonds is 11. The Morgan fingerprint density at radius 3 is 2.09 bits per heavy atom. The standard InChI is InChI=1S/C13H22N4O5/c18-7-1-4-14-11-3-2-10(15-5-8-19)12(16-6-9-20)13(11)17(21)22/h2-3,14-16,18-20H,1,4-9H2. The van der Waals surface area contributed by atoms with Crippen LogP contribution in [0.5, 0.6) is 0 Å². The molecule has 9 nitrogen and oxygen atoms in total. The number of hydrogen-bond donors (Lipinski definition) is 6. The van der Waals surface area contributed by atoms with Crippen LogP contribution in [0.1, 0.15) is 6.42 Å². The lowest BCUT2D eigenvalue weighted by Crippen LogP contribution is -2.14. The van der Waals surface area contributed by atoms with E-state index >= 15 is 0 Å². The van der Waals surface area contributed by atoms with E-state index in [-0.39, 0.29) is 44.3 Å². The van der Waals surface area contributed by atoms with E-state index in [9.17, 15) is 10.1 Å². The molecule has 0 atom stereocenters. The lowest BCUT2D eigenvalue weighted by molar-refractivity contribution is -0.383. The molecule has 0 heterocycles. The Hall–Kier alpha value is -2.10. The third-order valence-corrected chi connectivity index (χ3v) is 2.85. The predicted molar refractivity (Wildman–Crippen MR) is 84.4 cm³/mol. The van der Waals surface area contributed by atoms with Crippen LogP contribution >= 0.6 is 0 Å². The lowest BCUT2D eigenvalue weighted by atomic mass is 10.1. The van der Waals surface area contributed by atoms with Crippen molar-refractivity contribution in [2.45, 2.75) is 6.42 Å². The van der Waals surface area contributed by atoms with Gasteiger partial charge in [0.25, 0.3) is 0 Å². The van der Waals surface area contributed by atoms with Gasteiger partial charge in [0, 0.05) is 26.2 Å². The van der Waals surface area contributed by atoms with Crippen LogP contribution in [-0.2, 0) is 0 Å². The van der Waals surface area contributed by atoms with Crippen molar-refractivity contribution in [1.29, 1.82) is 0 Å². The zero-order chi connectivity index (χ0) is 16.4. The second-order valence-corrected chi connectivity index (χ2v) is 4.45. The van der Waals surface area contributed by atoms with Gasteiger partial charge in [-0.05, 0) is 18.6 Å². The molecule has 0 aliphatic heterocycles. The second-order valence-electron chi connectivity index (χ2n) is 4.45. The molecule has 6 N–H and O–H groups in total. The minimum Gasteiger partial charge on any atom is -0.396 e. The zero-order valence-corrected chi connectivity index (χ0v) is 12.2. The Labute approximate surface area is 128 Å². The van der Waals surface area contributed by atoms with Gasteiger partial charge in [-0.2, -0.15) is 0 Å². The number of aliphatic hydroxyl groups excluding tert-OH is 3. The molecule has 0 aromatic heterocycles. The molecule has 124 valence electrons. The van der Waals surface area contributed by atoms with Crippen molar-refractivity contribution in [3.63, 3.8) is 0 Å². The van der Waals surface area contributed by atoms with Crippen LogP contribution < -0.4 is 16.0 Å². The fraction of sp³-hybridized carbons (Fsp3) is 0.538. The predicted octanol–water partition coefficient (Wildman–Crippen LogP) is 0.197.